The molecule has 37 heavy (non-hydrogen) atoms. The van der Waals surface area contributed by atoms with Gasteiger partial charge in [0.15, 0.2) is 5.78 Å². The lowest BCUT2D eigenvalue weighted by atomic mass is 10.0. The standard InChI is InChI=1S/C34H50O2S/c1-3-5-6-7-8-9-10-11-12-13-14-15-16-19-28-36-34-21-18-17-20-31(34)24-27-33(35)30-22-25-32(26-23-30)37-29-4-2/h17-18,20-27H,3-16,19,28-29H2,1-2H3. The highest BCUT2D eigenvalue weighted by atomic mass is 32.2. The van der Waals surface area contributed by atoms with Crippen LogP contribution in [-0.2, 0) is 0 Å². The lowest BCUT2D eigenvalue weighted by Crippen LogP contribution is -1.99. The SMILES string of the molecule is CCCCCCCCCCCCCCCCOc1ccccc1C=CC(=O)c1ccc(SCCC)cc1. The lowest BCUT2D eigenvalue weighted by Gasteiger charge is -2.09. The molecular formula is C34H50O2S. The van der Waals surface area contributed by atoms with Crippen LogP contribution in [0.1, 0.15) is 126 Å². The van der Waals surface area contributed by atoms with Gasteiger partial charge in [-0.05, 0) is 61.1 Å². The van der Waals surface area contributed by atoms with Gasteiger partial charge in [0.2, 0.25) is 0 Å². The summed E-state index contributed by atoms with van der Waals surface area (Å²) < 4.78 is 6.07. The fraction of sp³-hybridized carbons (Fsp3) is 0.559. The molecule has 0 saturated carbocycles. The Balaban J connectivity index is 1.59. The molecule has 2 nitrogen and oxygen atoms in total. The van der Waals surface area contributed by atoms with E-state index in [0.717, 1.165) is 42.1 Å². The molecule has 0 amide bonds. The smallest absolute Gasteiger partial charge is 0.185 e. The summed E-state index contributed by atoms with van der Waals surface area (Å²) in [4.78, 5) is 13.8. The van der Waals surface area contributed by atoms with Crippen molar-refractivity contribution in [1.29, 1.82) is 0 Å². The van der Waals surface area contributed by atoms with Crippen molar-refractivity contribution in [2.45, 2.75) is 115 Å². The summed E-state index contributed by atoms with van der Waals surface area (Å²) >= 11 is 1.83. The van der Waals surface area contributed by atoms with E-state index in [0.29, 0.717) is 0 Å². The van der Waals surface area contributed by atoms with Gasteiger partial charge in [0.25, 0.3) is 0 Å². The Labute approximate surface area is 231 Å². The van der Waals surface area contributed by atoms with Gasteiger partial charge in [-0.2, -0.15) is 0 Å². The summed E-state index contributed by atoms with van der Waals surface area (Å²) in [6.45, 7) is 5.19. The number of unbranched alkanes of at least 4 members (excludes halogenated alkanes) is 13. The van der Waals surface area contributed by atoms with Gasteiger partial charge in [-0.3, -0.25) is 4.79 Å². The maximum atomic E-state index is 12.6. The van der Waals surface area contributed by atoms with E-state index >= 15 is 0 Å². The maximum absolute atomic E-state index is 12.6. The zero-order chi connectivity index (χ0) is 26.4. The van der Waals surface area contributed by atoms with E-state index in [1.807, 2.05) is 66.4 Å². The van der Waals surface area contributed by atoms with Gasteiger partial charge < -0.3 is 4.74 Å². The second kappa shape index (κ2) is 21.0. The van der Waals surface area contributed by atoms with Crippen LogP contribution in [0.25, 0.3) is 6.08 Å². The Kier molecular flexibility index (Phi) is 17.7. The molecule has 0 fully saturated rings. The van der Waals surface area contributed by atoms with Crippen LogP contribution < -0.4 is 4.74 Å². The number of hydrogen-bond acceptors (Lipinski definition) is 3. The monoisotopic (exact) mass is 522 g/mol. The third-order valence-electron chi connectivity index (χ3n) is 6.70. The molecule has 204 valence electrons. The van der Waals surface area contributed by atoms with E-state index in [2.05, 4.69) is 13.8 Å². The van der Waals surface area contributed by atoms with Crippen molar-refractivity contribution in [3.8, 4) is 5.75 Å². The van der Waals surface area contributed by atoms with Crippen molar-refractivity contribution in [3.63, 3.8) is 0 Å². The van der Waals surface area contributed by atoms with E-state index in [9.17, 15) is 4.79 Å². The number of ether oxygens (including phenoxy) is 1. The fourth-order valence-corrected chi connectivity index (χ4v) is 5.19. The largest absolute Gasteiger partial charge is 0.493 e. The van der Waals surface area contributed by atoms with Gasteiger partial charge in [0, 0.05) is 16.0 Å². The Morgan fingerprint density at radius 1 is 0.703 bits per heavy atom. The number of rotatable bonds is 22. The van der Waals surface area contributed by atoms with Crippen molar-refractivity contribution in [2.75, 3.05) is 12.4 Å². The number of carbonyl (C=O) groups excluding carboxylic acids is 1. The first-order chi connectivity index (χ1) is 18.2. The highest BCUT2D eigenvalue weighted by molar-refractivity contribution is 7.99. The molecule has 0 saturated heterocycles. The van der Waals surface area contributed by atoms with E-state index in [4.69, 9.17) is 4.74 Å². The molecule has 3 heteroatoms. The van der Waals surface area contributed by atoms with Crippen molar-refractivity contribution in [1.82, 2.24) is 0 Å². The fourth-order valence-electron chi connectivity index (χ4n) is 4.43. The zero-order valence-electron chi connectivity index (χ0n) is 23.5. The molecule has 0 heterocycles. The van der Waals surface area contributed by atoms with E-state index in [1.165, 1.54) is 88.4 Å². The van der Waals surface area contributed by atoms with Gasteiger partial charge in [0.1, 0.15) is 5.75 Å². The number of hydrogen-bond donors (Lipinski definition) is 0. The molecule has 0 aliphatic heterocycles. The molecule has 0 radical (unpaired) electrons. The average molecular weight is 523 g/mol. The van der Waals surface area contributed by atoms with E-state index in [1.54, 1.807) is 6.08 Å². The van der Waals surface area contributed by atoms with Gasteiger partial charge in [-0.15, -0.1) is 11.8 Å². The predicted molar refractivity (Wildman–Crippen MR) is 163 cm³/mol. The first-order valence-corrected chi connectivity index (χ1v) is 15.9. The van der Waals surface area contributed by atoms with Gasteiger partial charge >= 0.3 is 0 Å². The molecule has 0 aliphatic rings. The molecule has 2 aromatic carbocycles. The maximum Gasteiger partial charge on any atom is 0.185 e. The summed E-state index contributed by atoms with van der Waals surface area (Å²) in [5, 5.41) is 0. The number of benzene rings is 2. The molecule has 0 aliphatic carbocycles. The van der Waals surface area contributed by atoms with Gasteiger partial charge in [-0.25, -0.2) is 0 Å². The van der Waals surface area contributed by atoms with Crippen LogP contribution in [0.15, 0.2) is 59.5 Å². The number of thioether (sulfide) groups is 1. The van der Waals surface area contributed by atoms with E-state index < -0.39 is 0 Å². The van der Waals surface area contributed by atoms with Crippen LogP contribution in [0, 0.1) is 0 Å². The summed E-state index contributed by atoms with van der Waals surface area (Å²) in [6.07, 6.45) is 23.7. The van der Waals surface area contributed by atoms with Crippen LogP contribution in [0.5, 0.6) is 5.75 Å². The Morgan fingerprint density at radius 3 is 1.86 bits per heavy atom. The van der Waals surface area contributed by atoms with Crippen LogP contribution in [0.2, 0.25) is 0 Å². The number of allylic oxidation sites excluding steroid dienone is 1. The average Bonchev–Trinajstić information content (AvgIpc) is 2.93. The summed E-state index contributed by atoms with van der Waals surface area (Å²) in [6, 6.07) is 15.9. The summed E-state index contributed by atoms with van der Waals surface area (Å²) in [5.74, 6) is 1.98. The first-order valence-electron chi connectivity index (χ1n) is 14.9. The molecule has 0 spiro atoms. The van der Waals surface area contributed by atoms with Crippen molar-refractivity contribution in [3.05, 3.63) is 65.7 Å². The lowest BCUT2D eigenvalue weighted by molar-refractivity contribution is 0.104. The minimum atomic E-state index is 0.0221. The third kappa shape index (κ3) is 14.5. The molecule has 0 N–H and O–H groups in total. The quantitative estimate of drug-likeness (QED) is 0.0665. The Bertz CT molecular complexity index is 872. The topological polar surface area (TPSA) is 26.3 Å². The van der Waals surface area contributed by atoms with Crippen molar-refractivity contribution >= 4 is 23.6 Å². The molecule has 0 aromatic heterocycles. The highest BCUT2D eigenvalue weighted by Gasteiger charge is 2.05. The number of ketones is 1. The van der Waals surface area contributed by atoms with Gasteiger partial charge in [0.05, 0.1) is 6.61 Å². The Hall–Kier alpha value is -2.00. The predicted octanol–water partition coefficient (Wildman–Crippen LogP) is 10.9. The number of carbonyl (C=O) groups is 1. The van der Waals surface area contributed by atoms with Crippen molar-refractivity contribution < 1.29 is 9.53 Å². The second-order valence-corrected chi connectivity index (χ2v) is 11.2. The second-order valence-electron chi connectivity index (χ2n) is 10.1. The molecular weight excluding hydrogens is 472 g/mol. The normalized spacial score (nSPS) is 11.3. The van der Waals surface area contributed by atoms with Crippen LogP contribution >= 0.6 is 11.8 Å². The molecule has 0 bridgehead atoms. The zero-order valence-corrected chi connectivity index (χ0v) is 24.3. The van der Waals surface area contributed by atoms with Crippen LogP contribution in [0.3, 0.4) is 0 Å². The molecule has 0 unspecified atom stereocenters. The van der Waals surface area contributed by atoms with Gasteiger partial charge in [-0.1, -0.05) is 116 Å². The summed E-state index contributed by atoms with van der Waals surface area (Å²) in [5.41, 5.74) is 1.68. The van der Waals surface area contributed by atoms with Crippen LogP contribution in [0.4, 0.5) is 0 Å². The first kappa shape index (κ1) is 31.2. The summed E-state index contributed by atoms with van der Waals surface area (Å²) in [7, 11) is 0. The van der Waals surface area contributed by atoms with Crippen LogP contribution in [-0.4, -0.2) is 18.1 Å². The highest BCUT2D eigenvalue weighted by Crippen LogP contribution is 2.22. The minimum absolute atomic E-state index is 0.0221. The molecule has 2 rings (SSSR count). The van der Waals surface area contributed by atoms with E-state index in [-0.39, 0.29) is 5.78 Å². The molecule has 0 atom stereocenters. The minimum Gasteiger partial charge on any atom is -0.493 e. The number of para-hydroxylation sites is 1. The Morgan fingerprint density at radius 2 is 1.27 bits per heavy atom. The molecule has 2 aromatic rings. The third-order valence-corrected chi connectivity index (χ3v) is 7.92. The van der Waals surface area contributed by atoms with Crippen molar-refractivity contribution in [2.24, 2.45) is 0 Å².